The van der Waals surface area contributed by atoms with E-state index in [1.807, 2.05) is 0 Å². The fraction of sp³-hybridized carbons (Fsp3) is 0.0847. The average Bonchev–Trinajstić information content (AvgIpc) is 4.09. The van der Waals surface area contributed by atoms with Crippen LogP contribution in [0.15, 0.2) is 192 Å². The monoisotopic (exact) mass is 792 g/mol. The molecule has 0 N–H and O–H groups in total. The van der Waals surface area contributed by atoms with Crippen molar-refractivity contribution in [3.63, 3.8) is 0 Å². The summed E-state index contributed by atoms with van der Waals surface area (Å²) in [7, 11) is 0. The molecule has 1 spiro atoms. The van der Waals surface area contributed by atoms with Gasteiger partial charge in [-0.25, -0.2) is 0 Å². The van der Waals surface area contributed by atoms with E-state index in [1.165, 1.54) is 88.2 Å². The molecule has 0 amide bonds. The molecular weight excluding hydrogens is 753 g/mol. The Morgan fingerprint density at radius 2 is 1.05 bits per heavy atom. The van der Waals surface area contributed by atoms with E-state index in [0.29, 0.717) is 0 Å². The van der Waals surface area contributed by atoms with Crippen LogP contribution in [0.2, 0.25) is 0 Å². The second-order valence-electron chi connectivity index (χ2n) is 18.4. The van der Waals surface area contributed by atoms with E-state index in [9.17, 15) is 0 Å². The van der Waals surface area contributed by atoms with E-state index < -0.39 is 5.41 Å². The third-order valence-electron chi connectivity index (χ3n) is 14.3. The third kappa shape index (κ3) is 4.16. The zero-order valence-electron chi connectivity index (χ0n) is 34.7. The molecular formula is C59H40N2O. The van der Waals surface area contributed by atoms with Gasteiger partial charge in [-0.3, -0.25) is 0 Å². The predicted molar refractivity (Wildman–Crippen MR) is 258 cm³/mol. The number of anilines is 3. The first-order valence-corrected chi connectivity index (χ1v) is 21.8. The number of para-hydroxylation sites is 3. The van der Waals surface area contributed by atoms with Crippen molar-refractivity contribution in [2.75, 3.05) is 4.90 Å². The molecule has 9 aromatic carbocycles. The van der Waals surface area contributed by atoms with E-state index in [0.717, 1.165) is 39.0 Å². The quantitative estimate of drug-likeness (QED) is 0.178. The molecule has 0 unspecified atom stereocenters. The van der Waals surface area contributed by atoms with Gasteiger partial charge >= 0.3 is 0 Å². The number of nitrogens with zero attached hydrogens (tertiary/aromatic N) is 2. The highest BCUT2D eigenvalue weighted by molar-refractivity contribution is 6.29. The maximum Gasteiger partial charge on any atom is 0.137 e. The lowest BCUT2D eigenvalue weighted by Crippen LogP contribution is -2.26. The second kappa shape index (κ2) is 11.8. The Morgan fingerprint density at radius 1 is 0.452 bits per heavy atom. The molecule has 0 radical (unpaired) electrons. The Bertz CT molecular complexity index is 3830. The molecule has 0 atom stereocenters. The van der Waals surface area contributed by atoms with Gasteiger partial charge in [-0.1, -0.05) is 160 Å². The average molecular weight is 793 g/mol. The Kier molecular flexibility index (Phi) is 6.50. The highest BCUT2D eigenvalue weighted by Crippen LogP contribution is 2.65. The number of hydrogen-bond acceptors (Lipinski definition) is 2. The lowest BCUT2D eigenvalue weighted by atomic mass is 9.70. The van der Waals surface area contributed by atoms with Gasteiger partial charge in [0.2, 0.25) is 0 Å². The third-order valence-corrected chi connectivity index (χ3v) is 14.3. The van der Waals surface area contributed by atoms with E-state index >= 15 is 0 Å². The van der Waals surface area contributed by atoms with E-state index in [2.05, 4.69) is 218 Å². The summed E-state index contributed by atoms with van der Waals surface area (Å²) in [5.41, 5.74) is 20.0. The Morgan fingerprint density at radius 3 is 1.82 bits per heavy atom. The molecule has 0 aliphatic heterocycles. The summed E-state index contributed by atoms with van der Waals surface area (Å²) in [6, 6.07) is 70.3. The van der Waals surface area contributed by atoms with Crippen LogP contribution in [0.5, 0.6) is 0 Å². The van der Waals surface area contributed by atoms with Crippen LogP contribution in [0.1, 0.15) is 48.6 Å². The van der Waals surface area contributed by atoms with Crippen molar-refractivity contribution in [2.24, 2.45) is 0 Å². The van der Waals surface area contributed by atoms with Crippen molar-refractivity contribution >= 4 is 77.1 Å². The molecule has 0 saturated heterocycles. The van der Waals surface area contributed by atoms with Crippen molar-refractivity contribution in [3.8, 4) is 22.3 Å². The lowest BCUT2D eigenvalue weighted by molar-refractivity contribution is 0.590. The molecule has 292 valence electrons. The standard InChI is InChI=1S/C59H40N2O/c1-58(2,3)35-16-14-17-36(32-35)60(37-30-31-42-41-21-8-13-29-52(41)62-53(42)33-37)51-34-49-54(57-55(51)45-24-15-23-43-40-20-7-12-28-50(40)61(57)56(43)45)44-22-6-11-27-48(44)59(49)46-25-9-4-18-38(46)39-19-5-10-26-47(39)59/h4-34H,1-3H3. The van der Waals surface area contributed by atoms with Gasteiger partial charge in [0.15, 0.2) is 0 Å². The molecule has 0 saturated carbocycles. The van der Waals surface area contributed by atoms with E-state index in [-0.39, 0.29) is 5.41 Å². The smallest absolute Gasteiger partial charge is 0.137 e. The predicted octanol–water partition coefficient (Wildman–Crippen LogP) is 15.8. The zero-order chi connectivity index (χ0) is 41.1. The van der Waals surface area contributed by atoms with E-state index in [1.54, 1.807) is 0 Å². The molecule has 3 heterocycles. The van der Waals surface area contributed by atoms with Crippen LogP contribution in [0, 0.1) is 0 Å². The lowest BCUT2D eigenvalue weighted by Gasteiger charge is -2.33. The topological polar surface area (TPSA) is 20.8 Å². The number of benzene rings is 9. The van der Waals surface area contributed by atoms with Gasteiger partial charge in [-0.15, -0.1) is 0 Å². The fourth-order valence-electron chi connectivity index (χ4n) is 11.7. The highest BCUT2D eigenvalue weighted by Gasteiger charge is 2.53. The summed E-state index contributed by atoms with van der Waals surface area (Å²) in [4.78, 5) is 2.53. The van der Waals surface area contributed by atoms with Gasteiger partial charge < -0.3 is 13.7 Å². The molecule has 3 aromatic heterocycles. The Labute approximate surface area is 359 Å². The first-order valence-electron chi connectivity index (χ1n) is 21.8. The summed E-state index contributed by atoms with van der Waals surface area (Å²) in [5.74, 6) is 0. The zero-order valence-corrected chi connectivity index (χ0v) is 34.7. The molecule has 14 rings (SSSR count). The largest absolute Gasteiger partial charge is 0.456 e. The summed E-state index contributed by atoms with van der Waals surface area (Å²) < 4.78 is 9.26. The van der Waals surface area contributed by atoms with Crippen LogP contribution in [-0.4, -0.2) is 4.40 Å². The molecule has 62 heavy (non-hydrogen) atoms. The summed E-state index contributed by atoms with van der Waals surface area (Å²) in [5, 5.41) is 7.29. The maximum atomic E-state index is 6.66. The minimum atomic E-state index is -0.540. The molecule has 3 nitrogen and oxygen atoms in total. The molecule has 0 bridgehead atoms. The first kappa shape index (κ1) is 34.1. The first-order chi connectivity index (χ1) is 30.4. The van der Waals surface area contributed by atoms with Crippen LogP contribution in [-0.2, 0) is 10.8 Å². The van der Waals surface area contributed by atoms with Crippen molar-refractivity contribution in [3.05, 3.63) is 216 Å². The van der Waals surface area contributed by atoms with Crippen molar-refractivity contribution < 1.29 is 4.42 Å². The van der Waals surface area contributed by atoms with Gasteiger partial charge in [0.1, 0.15) is 11.2 Å². The van der Waals surface area contributed by atoms with Crippen molar-refractivity contribution in [1.29, 1.82) is 0 Å². The Hall–Kier alpha value is -7.62. The molecule has 2 aliphatic carbocycles. The minimum Gasteiger partial charge on any atom is -0.456 e. The molecule has 12 aromatic rings. The van der Waals surface area contributed by atoms with Gasteiger partial charge in [0.25, 0.3) is 0 Å². The summed E-state index contributed by atoms with van der Waals surface area (Å²) >= 11 is 0. The van der Waals surface area contributed by atoms with Gasteiger partial charge in [0.05, 0.1) is 27.7 Å². The number of hydrogen-bond donors (Lipinski definition) is 0. The van der Waals surface area contributed by atoms with Gasteiger partial charge in [-0.2, -0.15) is 0 Å². The normalized spacial score (nSPS) is 13.9. The summed E-state index contributed by atoms with van der Waals surface area (Å²) in [6.07, 6.45) is 0. The highest BCUT2D eigenvalue weighted by atomic mass is 16.3. The van der Waals surface area contributed by atoms with Crippen LogP contribution in [0.4, 0.5) is 17.1 Å². The van der Waals surface area contributed by atoms with Crippen LogP contribution < -0.4 is 4.90 Å². The van der Waals surface area contributed by atoms with Crippen molar-refractivity contribution in [1.82, 2.24) is 4.40 Å². The molecule has 2 aliphatic rings. The van der Waals surface area contributed by atoms with Gasteiger partial charge in [-0.05, 0) is 92.4 Å². The fourth-order valence-corrected chi connectivity index (χ4v) is 11.7. The minimum absolute atomic E-state index is 0.0595. The van der Waals surface area contributed by atoms with E-state index in [4.69, 9.17) is 4.42 Å². The SMILES string of the molecule is CC(C)(C)c1cccc(N(c2ccc3c(c2)oc2ccccc23)c2cc3c(c4c2c2cccc5c6ccccc6n4c52)-c2ccccc2C32c3ccccc3-c3ccccc32)c1. The molecule has 0 fully saturated rings. The summed E-state index contributed by atoms with van der Waals surface area (Å²) in [6.45, 7) is 6.91. The van der Waals surface area contributed by atoms with Crippen LogP contribution in [0.25, 0.3) is 82.3 Å². The molecule has 3 heteroatoms. The number of fused-ring (bicyclic) bond motifs is 20. The Balaban J connectivity index is 1.21. The number of furan rings is 1. The number of rotatable bonds is 3. The van der Waals surface area contributed by atoms with Crippen LogP contribution >= 0.6 is 0 Å². The number of aromatic nitrogens is 1. The van der Waals surface area contributed by atoms with Crippen molar-refractivity contribution in [2.45, 2.75) is 31.6 Å². The maximum absolute atomic E-state index is 6.66. The second-order valence-corrected chi connectivity index (χ2v) is 18.4. The van der Waals surface area contributed by atoms with Crippen LogP contribution in [0.3, 0.4) is 0 Å². The van der Waals surface area contributed by atoms with Gasteiger partial charge in [0, 0.05) is 55.3 Å².